The van der Waals surface area contributed by atoms with E-state index in [2.05, 4.69) is 30.4 Å². The summed E-state index contributed by atoms with van der Waals surface area (Å²) in [6, 6.07) is 14.4. The van der Waals surface area contributed by atoms with Crippen LogP contribution in [0.3, 0.4) is 0 Å². The second-order valence-corrected chi connectivity index (χ2v) is 7.35. The Hall–Kier alpha value is -2.37. The number of ether oxygens (including phenoxy) is 1. The molecule has 5 heteroatoms. The van der Waals surface area contributed by atoms with Crippen molar-refractivity contribution in [2.75, 3.05) is 26.7 Å². The molecule has 150 valence electrons. The van der Waals surface area contributed by atoms with Crippen LogP contribution in [0.15, 0.2) is 42.5 Å². The summed E-state index contributed by atoms with van der Waals surface area (Å²) in [6.07, 6.45) is 1.31. The normalized spacial score (nSPS) is 17.1. The minimum Gasteiger partial charge on any atom is -0.496 e. The van der Waals surface area contributed by atoms with Gasteiger partial charge in [0.25, 0.3) is 0 Å². The number of fused-ring (bicyclic) bond motifs is 1. The molecule has 28 heavy (non-hydrogen) atoms. The fraction of sp³-hybridized carbons (Fsp3) is 0.435. The van der Waals surface area contributed by atoms with E-state index in [1.807, 2.05) is 29.2 Å². The largest absolute Gasteiger partial charge is 0.496 e. The number of rotatable bonds is 7. The third-order valence-electron chi connectivity index (χ3n) is 5.32. The number of carbonyl (C=O) groups is 1. The number of hydrogen-bond donors (Lipinski definition) is 2. The summed E-state index contributed by atoms with van der Waals surface area (Å²) in [5.41, 5.74) is 4.73. The molecule has 2 aromatic carbocycles. The van der Waals surface area contributed by atoms with Crippen LogP contribution in [0.5, 0.6) is 5.75 Å². The number of carbonyl (C=O) groups excluding carboxylic acids is 1. The number of aryl methyl sites for hydroxylation is 1. The molecule has 2 aromatic rings. The van der Waals surface area contributed by atoms with E-state index < -0.39 is 6.10 Å². The van der Waals surface area contributed by atoms with Gasteiger partial charge < -0.3 is 20.1 Å². The van der Waals surface area contributed by atoms with Crippen molar-refractivity contribution in [3.05, 3.63) is 64.7 Å². The van der Waals surface area contributed by atoms with E-state index in [9.17, 15) is 9.90 Å². The van der Waals surface area contributed by atoms with Gasteiger partial charge in [0.2, 0.25) is 5.91 Å². The fourth-order valence-corrected chi connectivity index (χ4v) is 3.87. The molecule has 2 atom stereocenters. The molecule has 0 saturated carbocycles. The molecule has 2 N–H and O–H groups in total. The van der Waals surface area contributed by atoms with Crippen LogP contribution >= 0.6 is 0 Å². The third-order valence-corrected chi connectivity index (χ3v) is 5.32. The van der Waals surface area contributed by atoms with Gasteiger partial charge in [-0.3, -0.25) is 4.79 Å². The minimum absolute atomic E-state index is 0.0316. The van der Waals surface area contributed by atoms with Gasteiger partial charge in [-0.1, -0.05) is 43.3 Å². The summed E-state index contributed by atoms with van der Waals surface area (Å²) < 4.78 is 5.62. The predicted molar refractivity (Wildman–Crippen MR) is 111 cm³/mol. The molecule has 1 aliphatic rings. The molecule has 1 unspecified atom stereocenters. The average molecular weight is 383 g/mol. The Labute approximate surface area is 167 Å². The molecule has 0 saturated heterocycles. The van der Waals surface area contributed by atoms with Crippen LogP contribution in [-0.4, -0.2) is 48.8 Å². The molecule has 0 fully saturated rings. The number of amides is 1. The summed E-state index contributed by atoms with van der Waals surface area (Å²) in [7, 11) is 1.67. The first-order chi connectivity index (χ1) is 13.5. The second-order valence-electron chi connectivity index (χ2n) is 7.35. The summed E-state index contributed by atoms with van der Waals surface area (Å²) >= 11 is 0. The molecule has 0 bridgehead atoms. The number of nitrogens with one attached hydrogen (secondary N) is 1. The van der Waals surface area contributed by atoms with Crippen molar-refractivity contribution in [1.29, 1.82) is 0 Å². The van der Waals surface area contributed by atoms with E-state index in [1.165, 1.54) is 16.7 Å². The average Bonchev–Trinajstić information content (AvgIpc) is 2.72. The van der Waals surface area contributed by atoms with Gasteiger partial charge in [-0.15, -0.1) is 0 Å². The van der Waals surface area contributed by atoms with Gasteiger partial charge in [0.15, 0.2) is 0 Å². The van der Waals surface area contributed by atoms with E-state index in [0.717, 1.165) is 24.2 Å². The second kappa shape index (κ2) is 9.22. The van der Waals surface area contributed by atoms with Crippen LogP contribution in [0.1, 0.15) is 42.1 Å². The van der Waals surface area contributed by atoms with E-state index in [1.54, 1.807) is 14.0 Å². The predicted octanol–water partition coefficient (Wildman–Crippen LogP) is 2.70. The molecule has 1 amide bonds. The van der Waals surface area contributed by atoms with E-state index >= 15 is 0 Å². The lowest BCUT2D eigenvalue weighted by Gasteiger charge is -2.38. The molecule has 0 radical (unpaired) electrons. The van der Waals surface area contributed by atoms with E-state index in [-0.39, 0.29) is 18.5 Å². The maximum Gasteiger partial charge on any atom is 0.237 e. The van der Waals surface area contributed by atoms with Gasteiger partial charge in [0.1, 0.15) is 5.75 Å². The highest BCUT2D eigenvalue weighted by atomic mass is 16.5. The van der Waals surface area contributed by atoms with Crippen LogP contribution in [0.4, 0.5) is 0 Å². The number of para-hydroxylation sites is 1. The monoisotopic (exact) mass is 382 g/mol. The molecule has 3 rings (SSSR count). The molecule has 0 aromatic heterocycles. The Morgan fingerprint density at radius 2 is 2.07 bits per heavy atom. The summed E-state index contributed by atoms with van der Waals surface area (Å²) in [5, 5.41) is 12.5. The third kappa shape index (κ3) is 4.37. The highest BCUT2D eigenvalue weighted by Crippen LogP contribution is 2.39. The van der Waals surface area contributed by atoms with Gasteiger partial charge in [0.05, 0.1) is 25.8 Å². The summed E-state index contributed by atoms with van der Waals surface area (Å²) in [5.74, 6) is 0.820. The fourth-order valence-electron chi connectivity index (χ4n) is 3.87. The Morgan fingerprint density at radius 1 is 1.29 bits per heavy atom. The maximum absolute atomic E-state index is 13.1. The molecule has 1 heterocycles. The van der Waals surface area contributed by atoms with Gasteiger partial charge in [-0.2, -0.15) is 0 Å². The number of methoxy groups -OCH3 is 1. The Balaban J connectivity index is 2.00. The van der Waals surface area contributed by atoms with Gasteiger partial charge >= 0.3 is 0 Å². The van der Waals surface area contributed by atoms with Crippen LogP contribution in [-0.2, 0) is 17.6 Å². The zero-order valence-electron chi connectivity index (χ0n) is 16.9. The number of aliphatic hydroxyl groups excluding tert-OH is 1. The van der Waals surface area contributed by atoms with Crippen molar-refractivity contribution in [1.82, 2.24) is 10.2 Å². The van der Waals surface area contributed by atoms with E-state index in [0.29, 0.717) is 13.1 Å². The minimum atomic E-state index is -0.480. The lowest BCUT2D eigenvalue weighted by Crippen LogP contribution is -2.45. The molecule has 0 spiro atoms. The molecular formula is C23H30N2O3. The van der Waals surface area contributed by atoms with Crippen molar-refractivity contribution >= 4 is 5.91 Å². The van der Waals surface area contributed by atoms with Gasteiger partial charge in [-0.25, -0.2) is 0 Å². The lowest BCUT2D eigenvalue weighted by atomic mass is 9.86. The zero-order chi connectivity index (χ0) is 20.1. The number of hydrogen-bond acceptors (Lipinski definition) is 4. The quantitative estimate of drug-likeness (QED) is 0.773. The topological polar surface area (TPSA) is 61.8 Å². The first kappa shape index (κ1) is 20.4. The van der Waals surface area contributed by atoms with Crippen molar-refractivity contribution in [2.24, 2.45) is 0 Å². The van der Waals surface area contributed by atoms with E-state index in [4.69, 9.17) is 4.74 Å². The summed E-state index contributed by atoms with van der Waals surface area (Å²) in [4.78, 5) is 15.0. The molecule has 1 aliphatic heterocycles. The lowest BCUT2D eigenvalue weighted by molar-refractivity contribution is -0.132. The SMILES string of the molecule is CCc1ccc2c(c1)C(c1ccccc1OC)N(C(=O)CNC[C@@H](C)O)CC2. The molecule has 0 aliphatic carbocycles. The highest BCUT2D eigenvalue weighted by Gasteiger charge is 2.33. The molecular weight excluding hydrogens is 352 g/mol. The zero-order valence-corrected chi connectivity index (χ0v) is 16.9. The number of benzene rings is 2. The first-order valence-electron chi connectivity index (χ1n) is 9.98. The summed E-state index contributed by atoms with van der Waals surface area (Å²) in [6.45, 7) is 5.12. The highest BCUT2D eigenvalue weighted by molar-refractivity contribution is 5.80. The number of nitrogens with zero attached hydrogens (tertiary/aromatic N) is 1. The van der Waals surface area contributed by atoms with Crippen LogP contribution in [0.2, 0.25) is 0 Å². The van der Waals surface area contributed by atoms with Crippen molar-refractivity contribution < 1.29 is 14.6 Å². The van der Waals surface area contributed by atoms with Gasteiger partial charge in [-0.05, 0) is 42.5 Å². The van der Waals surface area contributed by atoms with Crippen molar-refractivity contribution in [2.45, 2.75) is 38.8 Å². The molecule has 5 nitrogen and oxygen atoms in total. The van der Waals surface area contributed by atoms with Gasteiger partial charge in [0, 0.05) is 18.7 Å². The Bertz CT molecular complexity index is 819. The van der Waals surface area contributed by atoms with Crippen molar-refractivity contribution in [3.63, 3.8) is 0 Å². The maximum atomic E-state index is 13.1. The Morgan fingerprint density at radius 3 is 2.79 bits per heavy atom. The van der Waals surface area contributed by atoms with Crippen LogP contribution in [0.25, 0.3) is 0 Å². The number of aliphatic hydroxyl groups is 1. The van der Waals surface area contributed by atoms with Crippen LogP contribution < -0.4 is 10.1 Å². The first-order valence-corrected chi connectivity index (χ1v) is 9.98. The smallest absolute Gasteiger partial charge is 0.237 e. The van der Waals surface area contributed by atoms with Crippen LogP contribution in [0, 0.1) is 0 Å². The Kier molecular flexibility index (Phi) is 6.70. The standard InChI is InChI=1S/C23H30N2O3/c1-4-17-9-10-18-11-12-25(22(27)15-24-14-16(2)26)23(20(18)13-17)19-7-5-6-8-21(19)28-3/h5-10,13,16,23-24,26H,4,11-12,14-15H2,1-3H3/t16-,23?/m1/s1. The van der Waals surface area contributed by atoms with Crippen molar-refractivity contribution in [3.8, 4) is 5.75 Å².